The average Bonchev–Trinajstić information content (AvgIpc) is 2.96. The molecule has 1 aliphatic carbocycles. The van der Waals surface area contributed by atoms with Crippen LogP contribution in [-0.2, 0) is 4.79 Å². The maximum absolute atomic E-state index is 12.4. The van der Waals surface area contributed by atoms with Crippen molar-refractivity contribution in [3.05, 3.63) is 0 Å². The largest absolute Gasteiger partial charge is 0.393 e. The topological polar surface area (TPSA) is 52.6 Å². The standard InChI is InChI=1S/C13H22N2O2/c1-8-4-14-5-10(8)13(17)15-6-9-2-3-12(16)11(9)7-15/h8-12,14,16H,2-7H2,1H3. The third kappa shape index (κ3) is 1.87. The SMILES string of the molecule is CC1CNCC1C(=O)N1CC2CCC(O)C2C1. The predicted molar refractivity (Wildman–Crippen MR) is 64.3 cm³/mol. The molecule has 4 heteroatoms. The summed E-state index contributed by atoms with van der Waals surface area (Å²) in [6.45, 7) is 5.60. The summed E-state index contributed by atoms with van der Waals surface area (Å²) in [7, 11) is 0. The summed E-state index contributed by atoms with van der Waals surface area (Å²) in [6.07, 6.45) is 1.85. The summed E-state index contributed by atoms with van der Waals surface area (Å²) in [5.74, 6) is 1.82. The highest BCUT2D eigenvalue weighted by Gasteiger charge is 2.45. The summed E-state index contributed by atoms with van der Waals surface area (Å²) in [5, 5.41) is 13.2. The van der Waals surface area contributed by atoms with Crippen molar-refractivity contribution in [3.8, 4) is 0 Å². The van der Waals surface area contributed by atoms with Crippen molar-refractivity contribution in [3.63, 3.8) is 0 Å². The normalized spacial score (nSPS) is 45.3. The van der Waals surface area contributed by atoms with Crippen LogP contribution in [0.25, 0.3) is 0 Å². The molecule has 0 spiro atoms. The minimum atomic E-state index is -0.170. The van der Waals surface area contributed by atoms with Crippen LogP contribution in [0.5, 0.6) is 0 Å². The van der Waals surface area contributed by atoms with Gasteiger partial charge in [0.15, 0.2) is 0 Å². The Morgan fingerprint density at radius 1 is 1.29 bits per heavy atom. The molecular formula is C13H22N2O2. The fraction of sp³-hybridized carbons (Fsp3) is 0.923. The Bertz CT molecular complexity index is 321. The zero-order valence-corrected chi connectivity index (χ0v) is 10.4. The van der Waals surface area contributed by atoms with Crippen molar-refractivity contribution in [2.24, 2.45) is 23.7 Å². The summed E-state index contributed by atoms with van der Waals surface area (Å²) >= 11 is 0. The van der Waals surface area contributed by atoms with Crippen molar-refractivity contribution < 1.29 is 9.90 Å². The molecule has 3 rings (SSSR count). The molecule has 2 heterocycles. The molecule has 4 nitrogen and oxygen atoms in total. The quantitative estimate of drug-likeness (QED) is 0.680. The Morgan fingerprint density at radius 3 is 2.76 bits per heavy atom. The molecule has 2 saturated heterocycles. The van der Waals surface area contributed by atoms with Crippen LogP contribution in [0, 0.1) is 23.7 Å². The summed E-state index contributed by atoms with van der Waals surface area (Å²) < 4.78 is 0. The van der Waals surface area contributed by atoms with Crippen LogP contribution in [-0.4, -0.2) is 48.2 Å². The van der Waals surface area contributed by atoms with Gasteiger partial charge in [0.25, 0.3) is 0 Å². The molecule has 2 aliphatic heterocycles. The fourth-order valence-electron chi connectivity index (χ4n) is 3.79. The molecule has 5 unspecified atom stereocenters. The number of aliphatic hydroxyl groups excluding tert-OH is 1. The van der Waals surface area contributed by atoms with E-state index < -0.39 is 0 Å². The first-order valence-corrected chi connectivity index (χ1v) is 6.84. The van der Waals surface area contributed by atoms with Gasteiger partial charge in [0, 0.05) is 25.6 Å². The van der Waals surface area contributed by atoms with Crippen LogP contribution in [0.3, 0.4) is 0 Å². The van der Waals surface area contributed by atoms with Crippen molar-refractivity contribution in [1.82, 2.24) is 10.2 Å². The van der Waals surface area contributed by atoms with Gasteiger partial charge in [-0.25, -0.2) is 0 Å². The van der Waals surface area contributed by atoms with E-state index in [4.69, 9.17) is 0 Å². The molecule has 1 saturated carbocycles. The summed E-state index contributed by atoms with van der Waals surface area (Å²) in [5.41, 5.74) is 0. The number of likely N-dealkylation sites (tertiary alicyclic amines) is 1. The van der Waals surface area contributed by atoms with Crippen molar-refractivity contribution in [2.45, 2.75) is 25.9 Å². The first kappa shape index (κ1) is 11.5. The van der Waals surface area contributed by atoms with E-state index in [-0.39, 0.29) is 12.0 Å². The van der Waals surface area contributed by atoms with Crippen LogP contribution in [0.1, 0.15) is 19.8 Å². The van der Waals surface area contributed by atoms with Gasteiger partial charge in [-0.1, -0.05) is 6.92 Å². The van der Waals surface area contributed by atoms with Gasteiger partial charge in [-0.3, -0.25) is 4.79 Å². The lowest BCUT2D eigenvalue weighted by molar-refractivity contribution is -0.135. The van der Waals surface area contributed by atoms with Crippen LogP contribution in [0.15, 0.2) is 0 Å². The van der Waals surface area contributed by atoms with Gasteiger partial charge in [0.2, 0.25) is 5.91 Å². The van der Waals surface area contributed by atoms with E-state index in [0.29, 0.717) is 23.7 Å². The van der Waals surface area contributed by atoms with Crippen LogP contribution in [0.2, 0.25) is 0 Å². The van der Waals surface area contributed by atoms with E-state index in [1.54, 1.807) is 0 Å². The third-order valence-corrected chi connectivity index (χ3v) is 4.97. The second kappa shape index (κ2) is 4.25. The second-order valence-corrected chi connectivity index (χ2v) is 6.05. The molecule has 0 aromatic rings. The lowest BCUT2D eigenvalue weighted by Crippen LogP contribution is -2.38. The van der Waals surface area contributed by atoms with Gasteiger partial charge < -0.3 is 15.3 Å². The number of nitrogens with one attached hydrogen (secondary N) is 1. The second-order valence-electron chi connectivity index (χ2n) is 6.05. The minimum Gasteiger partial charge on any atom is -0.393 e. The van der Waals surface area contributed by atoms with E-state index >= 15 is 0 Å². The zero-order chi connectivity index (χ0) is 12.0. The molecule has 0 aromatic carbocycles. The molecule has 3 fully saturated rings. The molecule has 0 radical (unpaired) electrons. The molecule has 2 N–H and O–H groups in total. The van der Waals surface area contributed by atoms with Gasteiger partial charge in [-0.05, 0) is 31.2 Å². The number of carbonyl (C=O) groups is 1. The number of hydrogen-bond acceptors (Lipinski definition) is 3. The van der Waals surface area contributed by atoms with E-state index in [1.165, 1.54) is 0 Å². The summed E-state index contributed by atoms with van der Waals surface area (Å²) in [6, 6.07) is 0. The maximum atomic E-state index is 12.4. The molecule has 17 heavy (non-hydrogen) atoms. The first-order chi connectivity index (χ1) is 8.16. The number of amides is 1. The Hall–Kier alpha value is -0.610. The third-order valence-electron chi connectivity index (χ3n) is 4.97. The van der Waals surface area contributed by atoms with E-state index in [9.17, 15) is 9.90 Å². The Labute approximate surface area is 102 Å². The number of hydrogen-bond donors (Lipinski definition) is 2. The lowest BCUT2D eigenvalue weighted by Gasteiger charge is -2.23. The number of aliphatic hydroxyl groups is 1. The molecular weight excluding hydrogens is 216 g/mol. The van der Waals surface area contributed by atoms with Gasteiger partial charge >= 0.3 is 0 Å². The monoisotopic (exact) mass is 238 g/mol. The van der Waals surface area contributed by atoms with Crippen LogP contribution >= 0.6 is 0 Å². The number of fused-ring (bicyclic) bond motifs is 1. The molecule has 0 bridgehead atoms. The van der Waals surface area contributed by atoms with E-state index in [2.05, 4.69) is 12.2 Å². The average molecular weight is 238 g/mol. The van der Waals surface area contributed by atoms with Crippen LogP contribution in [0.4, 0.5) is 0 Å². The Balaban J connectivity index is 1.65. The molecule has 96 valence electrons. The molecule has 0 aromatic heterocycles. The number of carbonyl (C=O) groups excluding carboxylic acids is 1. The highest BCUT2D eigenvalue weighted by molar-refractivity contribution is 5.80. The molecule has 3 aliphatic rings. The van der Waals surface area contributed by atoms with Gasteiger partial charge in [0.1, 0.15) is 0 Å². The Kier molecular flexibility index (Phi) is 2.87. The summed E-state index contributed by atoms with van der Waals surface area (Å²) in [4.78, 5) is 14.4. The highest BCUT2D eigenvalue weighted by Crippen LogP contribution is 2.38. The van der Waals surface area contributed by atoms with Gasteiger partial charge in [-0.15, -0.1) is 0 Å². The van der Waals surface area contributed by atoms with E-state index in [1.807, 2.05) is 4.90 Å². The van der Waals surface area contributed by atoms with Crippen molar-refractivity contribution in [2.75, 3.05) is 26.2 Å². The highest BCUT2D eigenvalue weighted by atomic mass is 16.3. The fourth-order valence-corrected chi connectivity index (χ4v) is 3.79. The zero-order valence-electron chi connectivity index (χ0n) is 10.4. The van der Waals surface area contributed by atoms with Gasteiger partial charge in [-0.2, -0.15) is 0 Å². The van der Waals surface area contributed by atoms with Gasteiger partial charge in [0.05, 0.1) is 12.0 Å². The minimum absolute atomic E-state index is 0.158. The number of rotatable bonds is 1. The number of nitrogens with zero attached hydrogens (tertiary/aromatic N) is 1. The smallest absolute Gasteiger partial charge is 0.227 e. The molecule has 5 atom stereocenters. The Morgan fingerprint density at radius 2 is 2.12 bits per heavy atom. The van der Waals surface area contributed by atoms with Crippen molar-refractivity contribution >= 4 is 5.91 Å². The maximum Gasteiger partial charge on any atom is 0.227 e. The first-order valence-electron chi connectivity index (χ1n) is 6.84. The van der Waals surface area contributed by atoms with Crippen molar-refractivity contribution in [1.29, 1.82) is 0 Å². The van der Waals surface area contributed by atoms with Crippen LogP contribution < -0.4 is 5.32 Å². The predicted octanol–water partition coefficient (Wildman–Crippen LogP) is 0.0712. The molecule has 1 amide bonds. The lowest BCUT2D eigenvalue weighted by atomic mass is 9.96. The van der Waals surface area contributed by atoms with E-state index in [0.717, 1.165) is 39.0 Å².